The van der Waals surface area contributed by atoms with E-state index in [0.29, 0.717) is 22.2 Å². The van der Waals surface area contributed by atoms with Gasteiger partial charge in [-0.1, -0.05) is 42.5 Å². The van der Waals surface area contributed by atoms with E-state index in [-0.39, 0.29) is 36.1 Å². The molecule has 0 N–H and O–H groups in total. The van der Waals surface area contributed by atoms with Gasteiger partial charge in [-0.05, 0) is 37.5 Å². The van der Waals surface area contributed by atoms with Gasteiger partial charge in [-0.15, -0.1) is 0 Å². The molecule has 3 rings (SSSR count). The highest BCUT2D eigenvalue weighted by molar-refractivity contribution is 7.91. The van der Waals surface area contributed by atoms with Gasteiger partial charge in [0, 0.05) is 22.1 Å². The van der Waals surface area contributed by atoms with Gasteiger partial charge in [-0.2, -0.15) is 0 Å². The van der Waals surface area contributed by atoms with Crippen molar-refractivity contribution in [3.05, 3.63) is 28.2 Å². The molecule has 0 spiro atoms. The Labute approximate surface area is 164 Å². The fraction of sp³-hybridized carbons (Fsp3) is 0.611. The quantitative estimate of drug-likeness (QED) is 0.729. The predicted molar refractivity (Wildman–Crippen MR) is 103 cm³/mol. The molecule has 1 aromatic rings. The zero-order chi connectivity index (χ0) is 18.7. The van der Waals surface area contributed by atoms with E-state index < -0.39 is 9.84 Å². The summed E-state index contributed by atoms with van der Waals surface area (Å²) in [6, 6.07) is 4.65. The second-order valence-corrected chi connectivity index (χ2v) is 10.1. The van der Waals surface area contributed by atoms with Gasteiger partial charge in [0.15, 0.2) is 16.4 Å². The first kappa shape index (κ1) is 19.8. The largest absolute Gasteiger partial charge is 0.484 e. The average molecular weight is 420 g/mol. The molecule has 0 radical (unpaired) electrons. The van der Waals surface area contributed by atoms with Gasteiger partial charge in [-0.25, -0.2) is 8.42 Å². The third kappa shape index (κ3) is 5.05. The van der Waals surface area contributed by atoms with E-state index >= 15 is 0 Å². The molecule has 1 saturated carbocycles. The van der Waals surface area contributed by atoms with Gasteiger partial charge < -0.3 is 9.64 Å². The van der Waals surface area contributed by atoms with Gasteiger partial charge in [0.05, 0.1) is 11.5 Å². The van der Waals surface area contributed by atoms with Crippen LogP contribution in [0.3, 0.4) is 0 Å². The van der Waals surface area contributed by atoms with E-state index in [0.717, 1.165) is 25.7 Å². The van der Waals surface area contributed by atoms with Crippen molar-refractivity contribution in [1.29, 1.82) is 0 Å². The second-order valence-electron chi connectivity index (χ2n) is 7.04. The van der Waals surface area contributed by atoms with Gasteiger partial charge >= 0.3 is 0 Å². The Morgan fingerprint density at radius 2 is 1.69 bits per heavy atom. The Morgan fingerprint density at radius 3 is 2.27 bits per heavy atom. The molecule has 1 saturated heterocycles. The van der Waals surface area contributed by atoms with Crippen molar-refractivity contribution >= 4 is 38.9 Å². The summed E-state index contributed by atoms with van der Waals surface area (Å²) in [6.07, 6.45) is 5.65. The lowest BCUT2D eigenvalue weighted by atomic mass is 9.93. The normalized spacial score (nSPS) is 22.9. The summed E-state index contributed by atoms with van der Waals surface area (Å²) in [4.78, 5) is 14.7. The summed E-state index contributed by atoms with van der Waals surface area (Å²) in [5.41, 5.74) is 0. The number of nitrogens with zero attached hydrogens (tertiary/aromatic N) is 1. The minimum atomic E-state index is -3.06. The molecule has 1 aliphatic carbocycles. The second kappa shape index (κ2) is 8.36. The third-order valence-corrected chi connectivity index (χ3v) is 7.24. The van der Waals surface area contributed by atoms with Crippen molar-refractivity contribution in [2.24, 2.45) is 0 Å². The van der Waals surface area contributed by atoms with E-state index in [1.807, 2.05) is 0 Å². The third-order valence-electron chi connectivity index (χ3n) is 5.06. The molecule has 5 nitrogen and oxygen atoms in total. The van der Waals surface area contributed by atoms with Crippen LogP contribution in [0, 0.1) is 0 Å². The van der Waals surface area contributed by atoms with Crippen molar-refractivity contribution in [2.45, 2.75) is 50.6 Å². The van der Waals surface area contributed by atoms with E-state index in [2.05, 4.69) is 0 Å². The zero-order valence-corrected chi connectivity index (χ0v) is 16.8. The van der Waals surface area contributed by atoms with Crippen LogP contribution in [0.15, 0.2) is 18.2 Å². The maximum Gasteiger partial charge on any atom is 0.261 e. The van der Waals surface area contributed by atoms with Crippen LogP contribution in [0.25, 0.3) is 0 Å². The molecule has 1 atom stereocenters. The average Bonchev–Trinajstić information content (AvgIpc) is 2.93. The number of ether oxygens (including phenoxy) is 1. The van der Waals surface area contributed by atoms with Crippen LogP contribution in [-0.4, -0.2) is 49.4 Å². The summed E-state index contributed by atoms with van der Waals surface area (Å²) in [7, 11) is -3.06. The number of rotatable bonds is 5. The minimum Gasteiger partial charge on any atom is -0.484 e. The number of benzene rings is 1. The fourth-order valence-electron chi connectivity index (χ4n) is 3.89. The molecule has 2 aliphatic rings. The Hall–Kier alpha value is -0.980. The Balaban J connectivity index is 1.71. The highest BCUT2D eigenvalue weighted by atomic mass is 35.5. The van der Waals surface area contributed by atoms with Crippen molar-refractivity contribution in [3.63, 3.8) is 0 Å². The van der Waals surface area contributed by atoms with E-state index in [4.69, 9.17) is 27.9 Å². The van der Waals surface area contributed by atoms with Crippen LogP contribution in [0.5, 0.6) is 5.75 Å². The van der Waals surface area contributed by atoms with Gasteiger partial charge in [0.1, 0.15) is 5.75 Å². The fourth-order valence-corrected chi connectivity index (χ4v) is 6.11. The molecular weight excluding hydrogens is 397 g/mol. The van der Waals surface area contributed by atoms with Gasteiger partial charge in [-0.3, -0.25) is 4.79 Å². The van der Waals surface area contributed by atoms with Crippen LogP contribution in [0.2, 0.25) is 10.0 Å². The van der Waals surface area contributed by atoms with Crippen LogP contribution in [0.1, 0.15) is 38.5 Å². The maximum absolute atomic E-state index is 12.9. The first-order chi connectivity index (χ1) is 12.3. The molecule has 0 bridgehead atoms. The van der Waals surface area contributed by atoms with Crippen LogP contribution in [0.4, 0.5) is 0 Å². The molecule has 1 aliphatic heterocycles. The monoisotopic (exact) mass is 419 g/mol. The molecule has 1 amide bonds. The van der Waals surface area contributed by atoms with E-state index in [1.54, 1.807) is 23.1 Å². The van der Waals surface area contributed by atoms with Crippen molar-refractivity contribution in [3.8, 4) is 5.75 Å². The smallest absolute Gasteiger partial charge is 0.261 e. The Bertz CT molecular complexity index is 742. The minimum absolute atomic E-state index is 0.0538. The number of amides is 1. The first-order valence-corrected chi connectivity index (χ1v) is 11.5. The summed E-state index contributed by atoms with van der Waals surface area (Å²) in [5.74, 6) is 0.463. The van der Waals surface area contributed by atoms with Crippen molar-refractivity contribution in [1.82, 2.24) is 4.90 Å². The first-order valence-electron chi connectivity index (χ1n) is 8.94. The lowest BCUT2D eigenvalue weighted by Crippen LogP contribution is -2.50. The Kier molecular flexibility index (Phi) is 6.36. The van der Waals surface area contributed by atoms with E-state index in [9.17, 15) is 13.2 Å². The molecule has 1 heterocycles. The molecule has 1 unspecified atom stereocenters. The summed E-state index contributed by atoms with van der Waals surface area (Å²) >= 11 is 11.9. The van der Waals surface area contributed by atoms with Gasteiger partial charge in [0.2, 0.25) is 0 Å². The SMILES string of the molecule is O=C(COc1cc(Cl)cc(Cl)c1)N(C1CCCCC1)C1CCS(=O)(=O)C1. The number of sulfone groups is 1. The molecule has 0 aromatic heterocycles. The Morgan fingerprint density at radius 1 is 1.04 bits per heavy atom. The summed E-state index contributed by atoms with van der Waals surface area (Å²) < 4.78 is 29.4. The molecule has 2 fully saturated rings. The van der Waals surface area contributed by atoms with Crippen LogP contribution >= 0.6 is 23.2 Å². The molecule has 26 heavy (non-hydrogen) atoms. The lowest BCUT2D eigenvalue weighted by molar-refractivity contribution is -0.138. The zero-order valence-electron chi connectivity index (χ0n) is 14.5. The van der Waals surface area contributed by atoms with Crippen molar-refractivity contribution < 1.29 is 17.9 Å². The van der Waals surface area contributed by atoms with Crippen LogP contribution < -0.4 is 4.74 Å². The summed E-state index contributed by atoms with van der Waals surface area (Å²) in [6.45, 7) is -0.149. The molecule has 144 valence electrons. The number of hydrogen-bond acceptors (Lipinski definition) is 4. The predicted octanol–water partition coefficient (Wildman–Crippen LogP) is 3.72. The number of carbonyl (C=O) groups is 1. The highest BCUT2D eigenvalue weighted by Gasteiger charge is 2.38. The number of carbonyl (C=O) groups excluding carboxylic acids is 1. The topological polar surface area (TPSA) is 63.7 Å². The molecular formula is C18H23Cl2NO4S. The standard InChI is InChI=1S/C18H23Cl2NO4S/c19-13-8-14(20)10-17(9-13)25-11-18(22)21(15-4-2-1-3-5-15)16-6-7-26(23,24)12-16/h8-10,15-16H,1-7,11-12H2. The van der Waals surface area contributed by atoms with Gasteiger partial charge in [0.25, 0.3) is 5.91 Å². The highest BCUT2D eigenvalue weighted by Crippen LogP contribution is 2.29. The van der Waals surface area contributed by atoms with Crippen LogP contribution in [-0.2, 0) is 14.6 Å². The molecule has 8 heteroatoms. The van der Waals surface area contributed by atoms with E-state index in [1.165, 1.54) is 6.42 Å². The number of hydrogen-bond donors (Lipinski definition) is 0. The number of halogens is 2. The maximum atomic E-state index is 12.9. The van der Waals surface area contributed by atoms with Crippen molar-refractivity contribution in [2.75, 3.05) is 18.1 Å². The summed E-state index contributed by atoms with van der Waals surface area (Å²) in [5, 5.41) is 0.872. The molecule has 1 aromatic carbocycles. The lowest BCUT2D eigenvalue weighted by Gasteiger charge is -2.38.